The molecule has 0 bridgehead atoms. The van der Waals surface area contributed by atoms with E-state index < -0.39 is 0 Å². The second-order valence-electron chi connectivity index (χ2n) is 5.40. The molecule has 0 spiro atoms. The number of benzene rings is 1. The quantitative estimate of drug-likeness (QED) is 0.845. The van der Waals surface area contributed by atoms with E-state index in [4.69, 9.17) is 0 Å². The molecular weight excluding hydrogens is 270 g/mol. The van der Waals surface area contributed by atoms with Crippen LogP contribution in [-0.4, -0.2) is 35.2 Å². The summed E-state index contributed by atoms with van der Waals surface area (Å²) in [5.41, 5.74) is 1.14. The molecule has 0 saturated carbocycles. The predicted molar refractivity (Wildman–Crippen MR) is 83.8 cm³/mol. The second kappa shape index (κ2) is 8.32. The lowest BCUT2D eigenvalue weighted by molar-refractivity contribution is -0.123. The molecule has 1 aliphatic rings. The van der Waals surface area contributed by atoms with Gasteiger partial charge in [0.05, 0.1) is 12.6 Å². The Hall–Kier alpha value is -1.00. The zero-order valence-electron chi connectivity index (χ0n) is 11.8. The molecule has 1 aliphatic heterocycles. The van der Waals surface area contributed by atoms with Gasteiger partial charge in [0.1, 0.15) is 0 Å². The second-order valence-corrected chi connectivity index (χ2v) is 6.62. The zero-order valence-corrected chi connectivity index (χ0v) is 12.6. The fraction of sp³-hybridized carbons (Fsp3) is 0.562. The minimum atomic E-state index is -0.178. The molecule has 1 amide bonds. The van der Waals surface area contributed by atoms with E-state index in [0.29, 0.717) is 18.8 Å². The monoisotopic (exact) mass is 293 g/mol. The van der Waals surface area contributed by atoms with E-state index in [9.17, 15) is 9.90 Å². The highest BCUT2D eigenvalue weighted by molar-refractivity contribution is 7.99. The van der Waals surface area contributed by atoms with Gasteiger partial charge < -0.3 is 10.4 Å². The lowest BCUT2D eigenvalue weighted by Gasteiger charge is -2.22. The Morgan fingerprint density at radius 2 is 2.00 bits per heavy atom. The van der Waals surface area contributed by atoms with Gasteiger partial charge in [0.25, 0.3) is 0 Å². The normalized spacial score (nSPS) is 17.6. The van der Waals surface area contributed by atoms with Crippen LogP contribution in [0.2, 0.25) is 0 Å². The van der Waals surface area contributed by atoms with Crippen LogP contribution in [0, 0.1) is 5.92 Å². The third kappa shape index (κ3) is 5.17. The Bertz CT molecular complexity index is 404. The summed E-state index contributed by atoms with van der Waals surface area (Å²) in [5.74, 6) is 2.95. The summed E-state index contributed by atoms with van der Waals surface area (Å²) in [5, 5.41) is 12.4. The number of aliphatic hydroxyl groups excluding tert-OH is 1. The zero-order chi connectivity index (χ0) is 14.2. The molecule has 110 valence electrons. The maximum atomic E-state index is 12.0. The van der Waals surface area contributed by atoms with Crippen LogP contribution in [0.25, 0.3) is 0 Å². The van der Waals surface area contributed by atoms with Gasteiger partial charge in [0.2, 0.25) is 5.91 Å². The smallest absolute Gasteiger partial charge is 0.220 e. The van der Waals surface area contributed by atoms with Crippen LogP contribution in [0.15, 0.2) is 30.3 Å². The summed E-state index contributed by atoms with van der Waals surface area (Å²) >= 11 is 1.97. The van der Waals surface area contributed by atoms with E-state index in [2.05, 4.69) is 5.32 Å². The van der Waals surface area contributed by atoms with E-state index in [1.54, 1.807) is 0 Å². The van der Waals surface area contributed by atoms with Crippen LogP contribution < -0.4 is 5.32 Å². The number of carbonyl (C=O) groups excluding carboxylic acids is 1. The highest BCUT2D eigenvalue weighted by Crippen LogP contribution is 2.25. The van der Waals surface area contributed by atoms with Gasteiger partial charge in [-0.05, 0) is 42.2 Å². The Kier molecular flexibility index (Phi) is 6.40. The number of thioether (sulfide) groups is 1. The molecule has 1 fully saturated rings. The van der Waals surface area contributed by atoms with Crippen molar-refractivity contribution in [3.63, 3.8) is 0 Å². The molecular formula is C16H23NO2S. The SMILES string of the molecule is O=C(CC1CCSCC1)NC(CO)Cc1ccccc1. The molecule has 1 heterocycles. The lowest BCUT2D eigenvalue weighted by Crippen LogP contribution is -2.40. The van der Waals surface area contributed by atoms with Crippen molar-refractivity contribution in [2.45, 2.75) is 31.7 Å². The fourth-order valence-corrected chi connectivity index (χ4v) is 3.76. The van der Waals surface area contributed by atoms with Crippen LogP contribution in [-0.2, 0) is 11.2 Å². The molecule has 1 atom stereocenters. The number of nitrogens with one attached hydrogen (secondary N) is 1. The topological polar surface area (TPSA) is 49.3 Å². The first kappa shape index (κ1) is 15.4. The minimum absolute atomic E-state index is 0.0127. The van der Waals surface area contributed by atoms with Gasteiger partial charge in [-0.3, -0.25) is 4.79 Å². The van der Waals surface area contributed by atoms with Crippen LogP contribution in [0.1, 0.15) is 24.8 Å². The number of aliphatic hydroxyl groups is 1. The largest absolute Gasteiger partial charge is 0.394 e. The van der Waals surface area contributed by atoms with E-state index >= 15 is 0 Å². The van der Waals surface area contributed by atoms with Crippen molar-refractivity contribution in [1.82, 2.24) is 5.32 Å². The summed E-state index contributed by atoms with van der Waals surface area (Å²) in [6, 6.07) is 9.79. The van der Waals surface area contributed by atoms with Gasteiger partial charge in [0, 0.05) is 6.42 Å². The Morgan fingerprint density at radius 3 is 2.65 bits per heavy atom. The summed E-state index contributed by atoms with van der Waals surface area (Å²) in [6.45, 7) is -0.0127. The summed E-state index contributed by atoms with van der Waals surface area (Å²) in [4.78, 5) is 12.0. The van der Waals surface area contributed by atoms with Crippen LogP contribution >= 0.6 is 11.8 Å². The van der Waals surface area contributed by atoms with Crippen molar-refractivity contribution in [3.8, 4) is 0 Å². The van der Waals surface area contributed by atoms with Crippen LogP contribution in [0.3, 0.4) is 0 Å². The standard InChI is InChI=1S/C16H23NO2S/c18-12-15(10-13-4-2-1-3-5-13)17-16(19)11-14-6-8-20-9-7-14/h1-5,14-15,18H,6-12H2,(H,17,19). The Balaban J connectivity index is 1.78. The summed E-state index contributed by atoms with van der Waals surface area (Å²) in [6.07, 6.45) is 3.57. The van der Waals surface area contributed by atoms with Gasteiger partial charge in [0.15, 0.2) is 0 Å². The number of hydrogen-bond acceptors (Lipinski definition) is 3. The van der Waals surface area contributed by atoms with Crippen molar-refractivity contribution in [3.05, 3.63) is 35.9 Å². The van der Waals surface area contributed by atoms with E-state index in [1.165, 1.54) is 11.5 Å². The van der Waals surface area contributed by atoms with Gasteiger partial charge in [-0.25, -0.2) is 0 Å². The minimum Gasteiger partial charge on any atom is -0.394 e. The molecule has 2 rings (SSSR count). The molecule has 0 radical (unpaired) electrons. The van der Waals surface area contributed by atoms with Crippen molar-refractivity contribution >= 4 is 17.7 Å². The van der Waals surface area contributed by atoms with Gasteiger partial charge in [-0.15, -0.1) is 0 Å². The predicted octanol–water partition coefficient (Wildman–Crippen LogP) is 2.24. The maximum absolute atomic E-state index is 12.0. The molecule has 1 aromatic rings. The number of amides is 1. The Labute approximate surface area is 125 Å². The fourth-order valence-electron chi connectivity index (χ4n) is 2.56. The number of carbonyl (C=O) groups is 1. The molecule has 20 heavy (non-hydrogen) atoms. The van der Waals surface area contributed by atoms with Crippen LogP contribution in [0.4, 0.5) is 0 Å². The molecule has 0 aliphatic carbocycles. The highest BCUT2D eigenvalue weighted by atomic mass is 32.2. The van der Waals surface area contributed by atoms with Crippen molar-refractivity contribution < 1.29 is 9.90 Å². The van der Waals surface area contributed by atoms with Crippen molar-refractivity contribution in [2.24, 2.45) is 5.92 Å². The first-order valence-electron chi connectivity index (χ1n) is 7.30. The molecule has 3 nitrogen and oxygen atoms in total. The highest BCUT2D eigenvalue weighted by Gasteiger charge is 2.19. The first-order chi connectivity index (χ1) is 9.78. The lowest BCUT2D eigenvalue weighted by atomic mass is 9.98. The summed E-state index contributed by atoms with van der Waals surface area (Å²) < 4.78 is 0. The van der Waals surface area contributed by atoms with Gasteiger partial charge >= 0.3 is 0 Å². The van der Waals surface area contributed by atoms with Gasteiger partial charge in [-0.1, -0.05) is 30.3 Å². The third-order valence-electron chi connectivity index (χ3n) is 3.73. The van der Waals surface area contributed by atoms with E-state index in [0.717, 1.165) is 18.4 Å². The molecule has 4 heteroatoms. The van der Waals surface area contributed by atoms with E-state index in [1.807, 2.05) is 42.1 Å². The molecule has 1 saturated heterocycles. The van der Waals surface area contributed by atoms with Crippen molar-refractivity contribution in [2.75, 3.05) is 18.1 Å². The summed E-state index contributed by atoms with van der Waals surface area (Å²) in [7, 11) is 0. The average Bonchev–Trinajstić information content (AvgIpc) is 2.48. The third-order valence-corrected chi connectivity index (χ3v) is 4.77. The van der Waals surface area contributed by atoms with Gasteiger partial charge in [-0.2, -0.15) is 11.8 Å². The van der Waals surface area contributed by atoms with Crippen LogP contribution in [0.5, 0.6) is 0 Å². The average molecular weight is 293 g/mol. The molecule has 0 aromatic heterocycles. The maximum Gasteiger partial charge on any atom is 0.220 e. The number of hydrogen-bond donors (Lipinski definition) is 2. The Morgan fingerprint density at radius 1 is 1.30 bits per heavy atom. The molecule has 1 unspecified atom stereocenters. The first-order valence-corrected chi connectivity index (χ1v) is 8.45. The molecule has 1 aromatic carbocycles. The van der Waals surface area contributed by atoms with Crippen molar-refractivity contribution in [1.29, 1.82) is 0 Å². The number of rotatable bonds is 6. The van der Waals surface area contributed by atoms with E-state index in [-0.39, 0.29) is 18.6 Å². The molecule has 2 N–H and O–H groups in total.